The van der Waals surface area contributed by atoms with Gasteiger partial charge >= 0.3 is 0 Å². The lowest BCUT2D eigenvalue weighted by atomic mass is 9.78. The molecule has 0 aliphatic carbocycles. The molecule has 9 heteroatoms. The smallest absolute Gasteiger partial charge is 0.236 e. The first kappa shape index (κ1) is 22.8. The molecule has 1 fully saturated rings. The number of halogens is 2. The quantitative estimate of drug-likeness (QED) is 0.429. The number of hydrogen-bond acceptors (Lipinski definition) is 4. The van der Waals surface area contributed by atoms with E-state index in [0.717, 1.165) is 11.3 Å². The van der Waals surface area contributed by atoms with Crippen LogP contribution in [0.4, 0.5) is 11.4 Å². The van der Waals surface area contributed by atoms with Crippen LogP contribution in [-0.2, 0) is 4.79 Å². The summed E-state index contributed by atoms with van der Waals surface area (Å²) >= 11 is 17.9. The summed E-state index contributed by atoms with van der Waals surface area (Å²) in [4.78, 5) is 15.6. The Kier molecular flexibility index (Phi) is 5.80. The van der Waals surface area contributed by atoms with E-state index in [4.69, 9.17) is 44.9 Å². The number of methoxy groups -OCH3 is 1. The summed E-state index contributed by atoms with van der Waals surface area (Å²) in [6.07, 6.45) is 0. The molecule has 2 aliphatic heterocycles. The van der Waals surface area contributed by atoms with Gasteiger partial charge in [0.25, 0.3) is 0 Å². The fourth-order valence-electron chi connectivity index (χ4n) is 4.62. The number of hydrogen-bond donors (Lipinski definition) is 2. The lowest BCUT2D eigenvalue weighted by Crippen LogP contribution is -2.72. The Balaban J connectivity index is 1.62. The van der Waals surface area contributed by atoms with Crippen molar-refractivity contribution < 1.29 is 14.3 Å². The van der Waals surface area contributed by atoms with Crippen LogP contribution in [0.3, 0.4) is 0 Å². The van der Waals surface area contributed by atoms with Crippen molar-refractivity contribution in [2.45, 2.75) is 18.7 Å². The van der Waals surface area contributed by atoms with Gasteiger partial charge in [-0.2, -0.15) is 0 Å². The molecule has 2 heterocycles. The van der Waals surface area contributed by atoms with Crippen LogP contribution in [0.25, 0.3) is 0 Å². The average Bonchev–Trinajstić information content (AvgIpc) is 2.81. The van der Waals surface area contributed by atoms with Gasteiger partial charge in [0, 0.05) is 27.0 Å². The summed E-state index contributed by atoms with van der Waals surface area (Å²) in [6, 6.07) is 19.3. The second-order valence-electron chi connectivity index (χ2n) is 8.27. The van der Waals surface area contributed by atoms with Gasteiger partial charge in [0.2, 0.25) is 5.91 Å². The van der Waals surface area contributed by atoms with Crippen LogP contribution in [0, 0.1) is 5.92 Å². The minimum Gasteiger partial charge on any atom is -0.497 e. The van der Waals surface area contributed by atoms with Crippen molar-refractivity contribution in [1.82, 2.24) is 5.32 Å². The fourth-order valence-corrected chi connectivity index (χ4v) is 5.29. The van der Waals surface area contributed by atoms with E-state index in [1.165, 1.54) is 0 Å². The monoisotopic (exact) mass is 513 g/mol. The highest BCUT2D eigenvalue weighted by atomic mass is 35.5. The van der Waals surface area contributed by atoms with Gasteiger partial charge in [0.05, 0.1) is 13.2 Å². The normalized spacial score (nSPS) is 22.8. The number of benzene rings is 3. The van der Waals surface area contributed by atoms with Crippen molar-refractivity contribution in [2.24, 2.45) is 5.92 Å². The number of nitrogens with one attached hydrogen (secondary N) is 2. The maximum Gasteiger partial charge on any atom is 0.236 e. The number of carbonyl (C=O) groups is 1. The van der Waals surface area contributed by atoms with Crippen molar-refractivity contribution in [3.63, 3.8) is 0 Å². The first-order valence-corrected chi connectivity index (χ1v) is 11.8. The molecule has 0 unspecified atom stereocenters. The highest BCUT2D eigenvalue weighted by Crippen LogP contribution is 2.50. The minimum absolute atomic E-state index is 0.225. The molecular formula is C25H21Cl2N3O3S. The van der Waals surface area contributed by atoms with Crippen LogP contribution >= 0.6 is 35.4 Å². The highest BCUT2D eigenvalue weighted by molar-refractivity contribution is 7.80. The molecule has 3 atom stereocenters. The van der Waals surface area contributed by atoms with Crippen LogP contribution in [0.5, 0.6) is 11.5 Å². The number of thiocarbonyl (C=S) groups is 1. The molecule has 34 heavy (non-hydrogen) atoms. The zero-order valence-electron chi connectivity index (χ0n) is 18.3. The summed E-state index contributed by atoms with van der Waals surface area (Å²) < 4.78 is 12.0. The number of rotatable bonds is 4. The second-order valence-corrected chi connectivity index (χ2v) is 9.53. The highest BCUT2D eigenvalue weighted by Gasteiger charge is 2.59. The molecule has 3 aromatic carbocycles. The molecule has 5 rings (SSSR count). The van der Waals surface area contributed by atoms with Crippen molar-refractivity contribution in [3.8, 4) is 11.5 Å². The lowest BCUT2D eigenvalue weighted by molar-refractivity contribution is -0.130. The van der Waals surface area contributed by atoms with Crippen LogP contribution in [0.1, 0.15) is 18.5 Å². The van der Waals surface area contributed by atoms with Crippen LogP contribution in [0.2, 0.25) is 10.0 Å². The molecule has 2 N–H and O–H groups in total. The molecule has 2 bridgehead atoms. The Morgan fingerprint density at radius 2 is 1.74 bits per heavy atom. The predicted molar refractivity (Wildman–Crippen MR) is 138 cm³/mol. The molecule has 174 valence electrons. The van der Waals surface area contributed by atoms with Crippen molar-refractivity contribution in [1.29, 1.82) is 0 Å². The van der Waals surface area contributed by atoms with E-state index in [0.29, 0.717) is 32.3 Å². The first-order valence-electron chi connectivity index (χ1n) is 10.6. The topological polar surface area (TPSA) is 62.8 Å². The lowest BCUT2D eigenvalue weighted by Gasteiger charge is -2.56. The summed E-state index contributed by atoms with van der Waals surface area (Å²) in [6.45, 7) is 1.88. The Hall–Kier alpha value is -3.00. The zero-order valence-corrected chi connectivity index (χ0v) is 20.7. The van der Waals surface area contributed by atoms with Crippen molar-refractivity contribution >= 4 is 57.8 Å². The number of carbonyl (C=O) groups excluding carboxylic acids is 1. The van der Waals surface area contributed by atoms with E-state index in [1.807, 2.05) is 42.2 Å². The van der Waals surface area contributed by atoms with Crippen molar-refractivity contribution in [2.75, 3.05) is 17.3 Å². The van der Waals surface area contributed by atoms with Gasteiger partial charge in [-0.05, 0) is 85.9 Å². The van der Waals surface area contributed by atoms with Crippen LogP contribution in [0.15, 0.2) is 66.7 Å². The molecule has 0 saturated carbocycles. The fraction of sp³-hybridized carbons (Fsp3) is 0.200. The van der Waals surface area contributed by atoms with Gasteiger partial charge in [-0.3, -0.25) is 9.69 Å². The van der Waals surface area contributed by atoms with E-state index in [-0.39, 0.29) is 5.91 Å². The standard InChI is InChI=1S/C25H21Cl2N3O3S/c1-25-21(23(31)28-16-7-3-14(26)4-8-16)22(19-13-18(32-2)11-12-20(19)33-25)29-24(34)30(25)17-9-5-15(27)6-10-17/h3-13,21-22H,1-2H3,(H,28,31)(H,29,34)/t21-,22-,25+/m1/s1. The third-order valence-corrected chi connectivity index (χ3v) is 6.99. The maximum absolute atomic E-state index is 13.8. The number of fused-ring (bicyclic) bond motifs is 4. The molecular weight excluding hydrogens is 493 g/mol. The summed E-state index contributed by atoms with van der Waals surface area (Å²) in [7, 11) is 1.60. The Morgan fingerprint density at radius 1 is 1.09 bits per heavy atom. The zero-order chi connectivity index (χ0) is 24.0. The minimum atomic E-state index is -1.13. The Labute approximate surface area is 212 Å². The summed E-state index contributed by atoms with van der Waals surface area (Å²) in [5, 5.41) is 8.01. The summed E-state index contributed by atoms with van der Waals surface area (Å²) in [5.74, 6) is 0.413. The Morgan fingerprint density at radius 3 is 2.38 bits per heavy atom. The van der Waals surface area contributed by atoms with E-state index in [9.17, 15) is 4.79 Å². The molecule has 0 spiro atoms. The second kappa shape index (κ2) is 8.65. The molecule has 1 saturated heterocycles. The van der Waals surface area contributed by atoms with Gasteiger partial charge in [0.15, 0.2) is 10.8 Å². The van der Waals surface area contributed by atoms with E-state index >= 15 is 0 Å². The third-order valence-electron chi connectivity index (χ3n) is 6.18. The number of amides is 1. The van der Waals surface area contributed by atoms with Gasteiger partial charge in [-0.25, -0.2) is 0 Å². The van der Waals surface area contributed by atoms with Gasteiger partial charge in [0.1, 0.15) is 17.4 Å². The van der Waals surface area contributed by atoms with E-state index in [1.54, 1.807) is 43.5 Å². The van der Waals surface area contributed by atoms with Crippen LogP contribution < -0.4 is 25.0 Å². The number of ether oxygens (including phenoxy) is 2. The Bertz CT molecular complexity index is 1270. The SMILES string of the molecule is COc1ccc2c(c1)[C@H]1NC(=S)N(c3ccc(Cl)cc3)[C@@](C)(O2)[C@H]1C(=O)Nc1ccc(Cl)cc1. The molecule has 0 aromatic heterocycles. The van der Waals surface area contributed by atoms with Crippen LogP contribution in [-0.4, -0.2) is 23.9 Å². The first-order chi connectivity index (χ1) is 16.3. The van der Waals surface area contributed by atoms with Gasteiger partial charge in [-0.15, -0.1) is 0 Å². The molecule has 3 aromatic rings. The summed E-state index contributed by atoms with van der Waals surface area (Å²) in [5.41, 5.74) is 1.06. The van der Waals surface area contributed by atoms with Crippen molar-refractivity contribution in [3.05, 3.63) is 82.3 Å². The molecule has 0 radical (unpaired) electrons. The van der Waals surface area contributed by atoms with E-state index in [2.05, 4.69) is 10.6 Å². The third kappa shape index (κ3) is 3.83. The number of anilines is 2. The van der Waals surface area contributed by atoms with Gasteiger partial charge in [-0.1, -0.05) is 23.2 Å². The maximum atomic E-state index is 13.8. The average molecular weight is 514 g/mol. The van der Waals surface area contributed by atoms with Gasteiger partial charge < -0.3 is 20.1 Å². The molecule has 1 amide bonds. The van der Waals surface area contributed by atoms with E-state index < -0.39 is 17.7 Å². The number of nitrogens with zero attached hydrogens (tertiary/aromatic N) is 1. The largest absolute Gasteiger partial charge is 0.497 e. The molecule has 6 nitrogen and oxygen atoms in total. The molecule has 2 aliphatic rings. The predicted octanol–water partition coefficient (Wildman–Crippen LogP) is 5.80.